The summed E-state index contributed by atoms with van der Waals surface area (Å²) in [5, 5.41) is 7.77. The molecule has 0 aliphatic carbocycles. The van der Waals surface area contributed by atoms with E-state index in [-0.39, 0.29) is 6.47 Å². The molecule has 22 heavy (non-hydrogen) atoms. The number of nitrogens with two attached hydrogens (primary N) is 1. The molecular formula is C16H14BrN3O2. The van der Waals surface area contributed by atoms with Gasteiger partial charge in [-0.15, -0.1) is 0 Å². The van der Waals surface area contributed by atoms with Crippen LogP contribution < -0.4 is 5.73 Å². The van der Waals surface area contributed by atoms with Gasteiger partial charge in [-0.1, -0.05) is 46.3 Å². The number of nitrogens with zero attached hydrogens (tertiary/aromatic N) is 2. The van der Waals surface area contributed by atoms with Crippen LogP contribution in [-0.4, -0.2) is 21.5 Å². The van der Waals surface area contributed by atoms with Crippen molar-refractivity contribution in [1.29, 1.82) is 0 Å². The number of carboxylic acid groups (broad SMARTS) is 1. The minimum absolute atomic E-state index is 0.250. The van der Waals surface area contributed by atoms with Crippen molar-refractivity contribution < 1.29 is 9.90 Å². The van der Waals surface area contributed by atoms with Crippen molar-refractivity contribution >= 4 is 39.1 Å². The van der Waals surface area contributed by atoms with Gasteiger partial charge in [0.15, 0.2) is 0 Å². The molecule has 2 aromatic carbocycles. The van der Waals surface area contributed by atoms with E-state index in [9.17, 15) is 0 Å². The van der Waals surface area contributed by atoms with E-state index in [1.54, 1.807) is 0 Å². The van der Waals surface area contributed by atoms with Crippen LogP contribution in [0.5, 0.6) is 0 Å². The Bertz CT molecular complexity index is 779. The number of hydrogen-bond acceptors (Lipinski definition) is 4. The van der Waals surface area contributed by atoms with Gasteiger partial charge in [0.1, 0.15) is 11.6 Å². The smallest absolute Gasteiger partial charge is 0.290 e. The molecule has 5 nitrogen and oxygen atoms in total. The molecule has 0 unspecified atom stereocenters. The van der Waals surface area contributed by atoms with Crippen LogP contribution in [0.25, 0.3) is 10.9 Å². The molecule has 0 amide bonds. The zero-order valence-corrected chi connectivity index (χ0v) is 13.2. The first-order chi connectivity index (χ1) is 10.6. The van der Waals surface area contributed by atoms with E-state index >= 15 is 0 Å². The maximum Gasteiger partial charge on any atom is 0.290 e. The van der Waals surface area contributed by atoms with E-state index in [4.69, 9.17) is 15.6 Å². The number of carbonyl (C=O) groups is 1. The Balaban J connectivity index is 0.000000545. The molecule has 112 valence electrons. The van der Waals surface area contributed by atoms with Gasteiger partial charge in [0.25, 0.3) is 6.47 Å². The summed E-state index contributed by atoms with van der Waals surface area (Å²) in [5.74, 6) is 1.27. The summed E-state index contributed by atoms with van der Waals surface area (Å²) in [5.41, 5.74) is 8.06. The molecular weight excluding hydrogens is 346 g/mol. The molecule has 0 atom stereocenters. The van der Waals surface area contributed by atoms with Crippen LogP contribution in [0.1, 0.15) is 11.4 Å². The lowest BCUT2D eigenvalue weighted by atomic mass is 10.1. The van der Waals surface area contributed by atoms with E-state index in [0.717, 1.165) is 21.2 Å². The molecule has 0 saturated carbocycles. The first-order valence-corrected chi connectivity index (χ1v) is 7.26. The summed E-state index contributed by atoms with van der Waals surface area (Å²) in [7, 11) is 0. The molecule has 3 rings (SSSR count). The fraction of sp³-hybridized carbons (Fsp3) is 0.0625. The van der Waals surface area contributed by atoms with Gasteiger partial charge in [-0.25, -0.2) is 9.97 Å². The zero-order chi connectivity index (χ0) is 15.9. The number of anilines is 1. The van der Waals surface area contributed by atoms with Crippen LogP contribution in [0.15, 0.2) is 53.0 Å². The van der Waals surface area contributed by atoms with Crippen molar-refractivity contribution in [2.45, 2.75) is 6.42 Å². The van der Waals surface area contributed by atoms with Gasteiger partial charge in [-0.3, -0.25) is 4.79 Å². The maximum absolute atomic E-state index is 8.36. The Morgan fingerprint density at radius 1 is 1.14 bits per heavy atom. The van der Waals surface area contributed by atoms with Crippen molar-refractivity contribution in [3.05, 3.63) is 64.4 Å². The molecule has 1 heterocycles. The number of benzene rings is 2. The second kappa shape index (κ2) is 7.51. The number of nitrogen functional groups attached to an aromatic ring is 1. The first-order valence-electron chi connectivity index (χ1n) is 6.47. The first kappa shape index (κ1) is 15.9. The average molecular weight is 360 g/mol. The maximum atomic E-state index is 8.36. The number of rotatable bonds is 2. The van der Waals surface area contributed by atoms with Crippen LogP contribution in [-0.2, 0) is 11.2 Å². The van der Waals surface area contributed by atoms with Crippen molar-refractivity contribution in [2.24, 2.45) is 0 Å². The highest BCUT2D eigenvalue weighted by atomic mass is 79.9. The largest absolute Gasteiger partial charge is 0.483 e. The van der Waals surface area contributed by atoms with Crippen molar-refractivity contribution in [2.75, 3.05) is 5.73 Å². The van der Waals surface area contributed by atoms with Gasteiger partial charge in [0.05, 0.1) is 5.52 Å². The highest BCUT2D eigenvalue weighted by molar-refractivity contribution is 9.10. The second-order valence-corrected chi connectivity index (χ2v) is 5.37. The van der Waals surface area contributed by atoms with Gasteiger partial charge >= 0.3 is 0 Å². The van der Waals surface area contributed by atoms with Crippen LogP contribution in [0.3, 0.4) is 0 Å². The summed E-state index contributed by atoms with van der Waals surface area (Å²) in [6.07, 6.45) is 0.692. The molecule has 0 aliphatic heterocycles. The SMILES string of the molecule is Nc1nc(Cc2ccccc2)nc2ccc(Br)cc12.O=CO. The minimum Gasteiger partial charge on any atom is -0.483 e. The standard InChI is InChI=1S/C15H12BrN3.CH2O2/c16-11-6-7-13-12(9-11)15(17)19-14(18-13)8-10-4-2-1-3-5-10;2-1-3/h1-7,9H,8H2,(H2,17,18,19);1H,(H,2,3). The summed E-state index contributed by atoms with van der Waals surface area (Å²) in [6.45, 7) is -0.250. The lowest BCUT2D eigenvalue weighted by Crippen LogP contribution is -2.02. The summed E-state index contributed by atoms with van der Waals surface area (Å²) < 4.78 is 0.978. The Hall–Kier alpha value is -2.47. The Morgan fingerprint density at radius 3 is 2.50 bits per heavy atom. The molecule has 3 N–H and O–H groups in total. The lowest BCUT2D eigenvalue weighted by Gasteiger charge is -2.06. The predicted octanol–water partition coefficient (Wildman–Crippen LogP) is 3.27. The molecule has 0 saturated heterocycles. The van der Waals surface area contributed by atoms with Gasteiger partial charge in [0, 0.05) is 16.3 Å². The molecule has 6 heteroatoms. The van der Waals surface area contributed by atoms with Gasteiger partial charge in [-0.2, -0.15) is 0 Å². The summed E-state index contributed by atoms with van der Waals surface area (Å²) >= 11 is 3.43. The van der Waals surface area contributed by atoms with Crippen molar-refractivity contribution in [3.63, 3.8) is 0 Å². The zero-order valence-electron chi connectivity index (χ0n) is 11.6. The van der Waals surface area contributed by atoms with Gasteiger partial charge in [0.2, 0.25) is 0 Å². The fourth-order valence-corrected chi connectivity index (χ4v) is 2.39. The Morgan fingerprint density at radius 2 is 1.82 bits per heavy atom. The second-order valence-electron chi connectivity index (χ2n) is 4.45. The van der Waals surface area contributed by atoms with E-state index in [1.165, 1.54) is 5.56 Å². The highest BCUT2D eigenvalue weighted by Crippen LogP contribution is 2.22. The van der Waals surface area contributed by atoms with Gasteiger partial charge in [-0.05, 0) is 23.8 Å². The predicted molar refractivity (Wildman–Crippen MR) is 89.6 cm³/mol. The monoisotopic (exact) mass is 359 g/mol. The molecule has 1 aromatic heterocycles. The quantitative estimate of drug-likeness (QED) is 0.685. The number of fused-ring (bicyclic) bond motifs is 1. The Labute approximate surface area is 136 Å². The topological polar surface area (TPSA) is 89.1 Å². The highest BCUT2D eigenvalue weighted by Gasteiger charge is 2.06. The molecule has 3 aromatic rings. The van der Waals surface area contributed by atoms with Crippen LogP contribution in [0, 0.1) is 0 Å². The summed E-state index contributed by atoms with van der Waals surface area (Å²) in [4.78, 5) is 17.3. The number of halogens is 1. The van der Waals surface area contributed by atoms with E-state index in [2.05, 4.69) is 38.0 Å². The number of hydrogen-bond donors (Lipinski definition) is 2. The van der Waals surface area contributed by atoms with E-state index in [0.29, 0.717) is 12.2 Å². The van der Waals surface area contributed by atoms with Crippen LogP contribution in [0.2, 0.25) is 0 Å². The molecule has 0 fully saturated rings. The lowest BCUT2D eigenvalue weighted by molar-refractivity contribution is -0.122. The fourth-order valence-electron chi connectivity index (χ4n) is 2.03. The van der Waals surface area contributed by atoms with Crippen LogP contribution in [0.4, 0.5) is 5.82 Å². The molecule has 0 bridgehead atoms. The average Bonchev–Trinajstić information content (AvgIpc) is 2.50. The third kappa shape index (κ3) is 4.02. The molecule has 0 radical (unpaired) electrons. The third-order valence-corrected chi connectivity index (χ3v) is 3.43. The van der Waals surface area contributed by atoms with Crippen molar-refractivity contribution in [3.8, 4) is 0 Å². The van der Waals surface area contributed by atoms with Crippen LogP contribution >= 0.6 is 15.9 Å². The third-order valence-electron chi connectivity index (χ3n) is 2.94. The Kier molecular flexibility index (Phi) is 5.43. The summed E-state index contributed by atoms with van der Waals surface area (Å²) in [6, 6.07) is 16.0. The van der Waals surface area contributed by atoms with E-state index in [1.807, 2.05) is 36.4 Å². The molecule has 0 spiro atoms. The normalized spacial score (nSPS) is 9.86. The minimum atomic E-state index is -0.250. The van der Waals surface area contributed by atoms with E-state index < -0.39 is 0 Å². The van der Waals surface area contributed by atoms with Crippen molar-refractivity contribution in [1.82, 2.24) is 9.97 Å². The van der Waals surface area contributed by atoms with Gasteiger partial charge < -0.3 is 10.8 Å². The number of aromatic nitrogens is 2. The molecule has 0 aliphatic rings.